The van der Waals surface area contributed by atoms with Gasteiger partial charge in [-0.25, -0.2) is 18.6 Å². The predicted octanol–water partition coefficient (Wildman–Crippen LogP) is 4.71. The lowest BCUT2D eigenvalue weighted by molar-refractivity contribution is -0.150. The highest BCUT2D eigenvalue weighted by molar-refractivity contribution is 7.80. The van der Waals surface area contributed by atoms with E-state index in [4.69, 9.17) is 26.4 Å². The number of thiocarbonyl (C=S) groups is 1. The Morgan fingerprint density at radius 3 is 1.97 bits per heavy atom. The molecule has 2 aromatic carbocycles. The average molecular weight is 529 g/mol. The summed E-state index contributed by atoms with van der Waals surface area (Å²) in [5, 5.41) is 2.85. The third-order valence-electron chi connectivity index (χ3n) is 5.48. The highest BCUT2D eigenvalue weighted by Gasteiger charge is 2.28. The molecule has 3 aromatic rings. The Labute approximate surface area is 218 Å². The predicted molar refractivity (Wildman–Crippen MR) is 137 cm³/mol. The number of halogens is 2. The van der Waals surface area contributed by atoms with Gasteiger partial charge in [0.2, 0.25) is 5.75 Å². The number of carbonyl (C=O) groups excluding carboxylic acids is 2. The maximum Gasteiger partial charge on any atom is 0.328 e. The van der Waals surface area contributed by atoms with Gasteiger partial charge in [0, 0.05) is 25.1 Å². The number of rotatable bonds is 9. The second kappa shape index (κ2) is 12.4. The smallest absolute Gasteiger partial charge is 0.328 e. The first-order valence-electron chi connectivity index (χ1n) is 11.3. The molecule has 0 aliphatic carbocycles. The van der Waals surface area contributed by atoms with Crippen molar-refractivity contribution in [2.75, 3.05) is 7.11 Å². The summed E-state index contributed by atoms with van der Waals surface area (Å²) < 4.78 is 43.3. The van der Waals surface area contributed by atoms with E-state index in [0.717, 1.165) is 0 Å². The fourth-order valence-corrected chi connectivity index (χ4v) is 4.07. The van der Waals surface area contributed by atoms with Gasteiger partial charge in [0.25, 0.3) is 0 Å². The molecular formula is C27H26F2N2O5S. The maximum absolute atomic E-state index is 13.5. The van der Waals surface area contributed by atoms with E-state index in [2.05, 4.69) is 10.3 Å². The van der Waals surface area contributed by atoms with Crippen LogP contribution in [0.1, 0.15) is 43.5 Å². The van der Waals surface area contributed by atoms with Crippen molar-refractivity contribution in [1.29, 1.82) is 0 Å². The van der Waals surface area contributed by atoms with Crippen LogP contribution in [0.4, 0.5) is 8.78 Å². The van der Waals surface area contributed by atoms with E-state index in [9.17, 15) is 18.4 Å². The Kier molecular flexibility index (Phi) is 9.24. The normalized spacial score (nSPS) is 12.4. The van der Waals surface area contributed by atoms with Crippen molar-refractivity contribution in [2.45, 2.75) is 38.8 Å². The van der Waals surface area contributed by atoms with Crippen molar-refractivity contribution in [3.63, 3.8) is 0 Å². The quantitative estimate of drug-likeness (QED) is 0.316. The topological polar surface area (TPSA) is 86.8 Å². The fraction of sp³-hybridized carbons (Fsp3) is 0.259. The van der Waals surface area contributed by atoms with Crippen LogP contribution in [0.15, 0.2) is 60.8 Å². The van der Waals surface area contributed by atoms with Gasteiger partial charge >= 0.3 is 11.9 Å². The number of hydrogen-bond donors (Lipinski definition) is 1. The summed E-state index contributed by atoms with van der Waals surface area (Å²) in [6.07, 6.45) is 0.726. The third-order valence-corrected chi connectivity index (χ3v) is 5.79. The van der Waals surface area contributed by atoms with Crippen LogP contribution in [-0.4, -0.2) is 41.2 Å². The van der Waals surface area contributed by atoms with E-state index >= 15 is 0 Å². The van der Waals surface area contributed by atoms with Crippen molar-refractivity contribution in [3.05, 3.63) is 89.2 Å². The number of hydrogen-bond acceptors (Lipinski definition) is 7. The van der Waals surface area contributed by atoms with E-state index in [-0.39, 0.29) is 22.2 Å². The van der Waals surface area contributed by atoms with Crippen LogP contribution in [0, 0.1) is 11.6 Å². The highest BCUT2D eigenvalue weighted by atomic mass is 32.1. The summed E-state index contributed by atoms with van der Waals surface area (Å²) in [4.78, 5) is 28.7. The number of esters is 2. The van der Waals surface area contributed by atoms with Crippen molar-refractivity contribution in [3.8, 4) is 11.5 Å². The van der Waals surface area contributed by atoms with Crippen molar-refractivity contribution in [1.82, 2.24) is 10.3 Å². The van der Waals surface area contributed by atoms with Gasteiger partial charge in [0.15, 0.2) is 5.75 Å². The standard InChI is InChI=1S/C27H26F2N2O5S/c1-15(31-26(37)24-25(36-17(3)32)22(34-4)13-14-30-24)27(33)35-16(2)23(18-5-9-20(28)10-6-18)19-7-11-21(29)12-8-19/h5-16,23H,1-4H3,(H,31,37). The highest BCUT2D eigenvalue weighted by Crippen LogP contribution is 2.31. The second-order valence-electron chi connectivity index (χ2n) is 8.20. The van der Waals surface area contributed by atoms with E-state index in [1.807, 2.05) is 0 Å². The molecule has 0 aliphatic rings. The van der Waals surface area contributed by atoms with Gasteiger partial charge in [-0.15, -0.1) is 0 Å². The number of nitrogens with one attached hydrogen (secondary N) is 1. The lowest BCUT2D eigenvalue weighted by Gasteiger charge is -2.27. The molecule has 0 saturated heterocycles. The second-order valence-corrected chi connectivity index (χ2v) is 8.61. The molecule has 1 heterocycles. The van der Waals surface area contributed by atoms with Crippen molar-refractivity contribution in [2.24, 2.45) is 0 Å². The molecule has 2 atom stereocenters. The molecule has 194 valence electrons. The molecule has 0 saturated carbocycles. The molecule has 0 bridgehead atoms. The van der Waals surface area contributed by atoms with Crippen LogP contribution in [0.3, 0.4) is 0 Å². The lowest BCUT2D eigenvalue weighted by atomic mass is 9.87. The molecule has 0 spiro atoms. The Morgan fingerprint density at radius 1 is 0.946 bits per heavy atom. The number of ether oxygens (including phenoxy) is 3. The van der Waals surface area contributed by atoms with Crippen LogP contribution in [0.2, 0.25) is 0 Å². The molecule has 1 aromatic heterocycles. The summed E-state index contributed by atoms with van der Waals surface area (Å²) in [7, 11) is 1.41. The summed E-state index contributed by atoms with van der Waals surface area (Å²) in [5.41, 5.74) is 1.50. The van der Waals surface area contributed by atoms with Crippen LogP contribution in [0.5, 0.6) is 11.5 Å². The maximum atomic E-state index is 13.5. The molecule has 0 fully saturated rings. The number of aromatic nitrogens is 1. The molecule has 7 nitrogen and oxygen atoms in total. The summed E-state index contributed by atoms with van der Waals surface area (Å²) in [6, 6.07) is 12.2. The van der Waals surface area contributed by atoms with Gasteiger partial charge in [-0.05, 0) is 49.2 Å². The minimum Gasteiger partial charge on any atom is -0.493 e. The fourth-order valence-electron chi connectivity index (χ4n) is 3.75. The van der Waals surface area contributed by atoms with Gasteiger partial charge in [0.05, 0.1) is 7.11 Å². The molecule has 1 N–H and O–H groups in total. The Hall–Kier alpha value is -3.92. The van der Waals surface area contributed by atoms with Crippen LogP contribution < -0.4 is 14.8 Å². The largest absolute Gasteiger partial charge is 0.493 e. The van der Waals surface area contributed by atoms with Crippen molar-refractivity contribution < 1.29 is 32.6 Å². The van der Waals surface area contributed by atoms with Gasteiger partial charge in [-0.1, -0.05) is 36.5 Å². The molecular weight excluding hydrogens is 502 g/mol. The molecule has 0 aliphatic heterocycles. The van der Waals surface area contributed by atoms with E-state index < -0.39 is 41.6 Å². The number of nitrogens with zero attached hydrogens (tertiary/aromatic N) is 1. The number of benzene rings is 2. The first-order valence-corrected chi connectivity index (χ1v) is 11.7. The zero-order valence-corrected chi connectivity index (χ0v) is 21.5. The van der Waals surface area contributed by atoms with Gasteiger partial charge in [-0.3, -0.25) is 4.79 Å². The summed E-state index contributed by atoms with van der Waals surface area (Å²) >= 11 is 5.41. The number of carbonyl (C=O) groups is 2. The molecule has 2 unspecified atom stereocenters. The van der Waals surface area contributed by atoms with Crippen LogP contribution in [-0.2, 0) is 14.3 Å². The first-order chi connectivity index (χ1) is 17.6. The number of methoxy groups -OCH3 is 1. The summed E-state index contributed by atoms with van der Waals surface area (Å²) in [6.45, 7) is 4.48. The van der Waals surface area contributed by atoms with Gasteiger partial charge in [-0.2, -0.15) is 0 Å². The van der Waals surface area contributed by atoms with E-state index in [1.165, 1.54) is 50.6 Å². The lowest BCUT2D eigenvalue weighted by Crippen LogP contribution is -2.41. The monoisotopic (exact) mass is 528 g/mol. The Balaban J connectivity index is 1.78. The zero-order valence-electron chi connectivity index (χ0n) is 20.7. The van der Waals surface area contributed by atoms with Crippen LogP contribution in [0.25, 0.3) is 0 Å². The number of pyridine rings is 1. The summed E-state index contributed by atoms with van der Waals surface area (Å²) in [5.74, 6) is -2.25. The van der Waals surface area contributed by atoms with Gasteiger partial charge in [0.1, 0.15) is 34.5 Å². The van der Waals surface area contributed by atoms with E-state index in [0.29, 0.717) is 11.1 Å². The molecule has 10 heteroatoms. The van der Waals surface area contributed by atoms with Gasteiger partial charge < -0.3 is 19.5 Å². The molecule has 3 rings (SSSR count). The van der Waals surface area contributed by atoms with Crippen LogP contribution >= 0.6 is 12.2 Å². The Morgan fingerprint density at radius 2 is 1.49 bits per heavy atom. The molecule has 0 amide bonds. The minimum atomic E-state index is -0.907. The molecule has 37 heavy (non-hydrogen) atoms. The van der Waals surface area contributed by atoms with Crippen molar-refractivity contribution >= 4 is 29.1 Å². The third kappa shape index (κ3) is 7.07. The average Bonchev–Trinajstić information content (AvgIpc) is 2.86. The van der Waals surface area contributed by atoms with E-state index in [1.54, 1.807) is 38.1 Å². The molecule has 0 radical (unpaired) electrons. The minimum absolute atomic E-state index is 0.0246. The Bertz CT molecular complexity index is 1220. The SMILES string of the molecule is COc1ccnc(C(=S)NC(C)C(=O)OC(C)C(c2ccc(F)cc2)c2ccc(F)cc2)c1OC(C)=O. The zero-order chi connectivity index (χ0) is 27.1. The first kappa shape index (κ1) is 27.7.